The van der Waals surface area contributed by atoms with Crippen LogP contribution in [0.2, 0.25) is 5.28 Å². The van der Waals surface area contributed by atoms with Crippen LogP contribution in [0.25, 0.3) is 16.8 Å². The maximum absolute atomic E-state index is 14.2. The Morgan fingerprint density at radius 3 is 1.80 bits per heavy atom. The van der Waals surface area contributed by atoms with E-state index in [1.165, 1.54) is 12.1 Å². The Balaban J connectivity index is 0.00000476. The molecule has 0 atom stereocenters. The fourth-order valence-electron chi connectivity index (χ4n) is 5.82. The summed E-state index contributed by atoms with van der Waals surface area (Å²) in [7, 11) is -31.6. The smallest absolute Gasteiger partial charge is 0.744 e. The summed E-state index contributed by atoms with van der Waals surface area (Å²) in [6, 6.07) is 10.0. The normalized spacial score (nSPS) is 13.5. The Bertz CT molecular complexity index is 3620. The minimum absolute atomic E-state index is 0. The second-order valence-corrected chi connectivity index (χ2v) is 21.4. The number of hydrogen-bond donors (Lipinski definition) is 3. The maximum Gasteiger partial charge on any atom is 1.00 e. The third-order valence-corrected chi connectivity index (χ3v) is 14.1. The first-order valence-corrected chi connectivity index (χ1v) is 25.5. The van der Waals surface area contributed by atoms with Crippen molar-refractivity contribution in [3.05, 3.63) is 88.0 Å². The van der Waals surface area contributed by atoms with Crippen molar-refractivity contribution >= 4 is 130 Å². The maximum atomic E-state index is 14.2. The molecule has 3 N–H and O–H groups in total. The number of rotatable bonds is 15. The minimum Gasteiger partial charge on any atom is -0.744 e. The number of hydrogen-bond acceptors (Lipinski definition) is 26. The number of aromatic nitrogens is 3. The molecule has 5 aromatic rings. The molecule has 340 valence electrons. The van der Waals surface area contributed by atoms with Crippen molar-refractivity contribution in [2.75, 3.05) is 28.4 Å². The van der Waals surface area contributed by atoms with E-state index in [9.17, 15) is 78.1 Å². The molecule has 0 radical (unpaired) electrons. The minimum atomic E-state index is -5.78. The van der Waals surface area contributed by atoms with Gasteiger partial charge in [0.2, 0.25) is 33.4 Å². The van der Waals surface area contributed by atoms with E-state index >= 15 is 0 Å². The van der Waals surface area contributed by atoms with Crippen molar-refractivity contribution in [3.63, 3.8) is 0 Å². The molecule has 26 nitrogen and oxygen atoms in total. The number of nitrogens with zero attached hydrogens (tertiary/aromatic N) is 4. The predicted octanol–water partition coefficient (Wildman–Crippen LogP) is -14.3. The standard InChI is InChI=1S/C31H24ClN7O19S6.5Na/c32-29-35-30(33-16-3-1-4-17(13-16)59(41,42)10-9-58-64(55,56)57)37-31(36-29)34-22-14-18(60(43,44)45)11-15-12-24(62(49,50)51)26(27(40)25(15)22)39-38-21-8-7-19-20(28(21)63(52,53)54)5-2-6-23(19)61(46,47)48;;;;;/h1-8,11-14,38H,9-10H2,(H,43,44,45)(H,46,47,48)(H,49,50,51)(H,52,53,54)(H,55,56,57)(H2,33,34,35,36,37);;;;;/q;5*+1/p-5/b39-26-;;;;;. The van der Waals surface area contributed by atoms with Gasteiger partial charge in [-0.1, -0.05) is 24.3 Å². The molecular formula is C31H19ClN7Na5O19S6. The molecule has 0 saturated carbocycles. The number of hydrazone groups is 1. The van der Waals surface area contributed by atoms with Crippen molar-refractivity contribution in [1.82, 2.24) is 15.0 Å². The Labute approximate surface area is 508 Å². The first-order chi connectivity index (χ1) is 29.4. The van der Waals surface area contributed by atoms with Crippen molar-refractivity contribution in [2.45, 2.75) is 19.6 Å². The Morgan fingerprint density at radius 2 is 1.23 bits per heavy atom. The van der Waals surface area contributed by atoms with Crippen LogP contribution in [-0.2, 0) is 64.9 Å². The van der Waals surface area contributed by atoms with Crippen molar-refractivity contribution in [1.29, 1.82) is 0 Å². The van der Waals surface area contributed by atoms with Crippen LogP contribution < -0.4 is 164 Å². The van der Waals surface area contributed by atoms with E-state index in [0.717, 1.165) is 42.5 Å². The summed E-state index contributed by atoms with van der Waals surface area (Å²) in [5.74, 6) is -3.60. The summed E-state index contributed by atoms with van der Waals surface area (Å²) in [5, 5.41) is 6.79. The molecule has 0 spiro atoms. The number of carbonyl (C=O) groups excluding carboxylic acids is 1. The van der Waals surface area contributed by atoms with Crippen LogP contribution in [0.4, 0.5) is 29.0 Å². The summed E-state index contributed by atoms with van der Waals surface area (Å²) in [5.41, 5.74) is -2.36. The van der Waals surface area contributed by atoms with Crippen LogP contribution in [0.15, 0.2) is 96.3 Å². The summed E-state index contributed by atoms with van der Waals surface area (Å²) in [6.45, 7) is -1.00. The number of anilines is 5. The van der Waals surface area contributed by atoms with E-state index in [2.05, 4.69) is 34.9 Å². The van der Waals surface area contributed by atoms with E-state index in [0.29, 0.717) is 18.2 Å². The fourth-order valence-corrected chi connectivity index (χ4v) is 10.2. The molecular weight excluding hydrogens is 1120 g/mol. The van der Waals surface area contributed by atoms with E-state index in [1.54, 1.807) is 0 Å². The van der Waals surface area contributed by atoms with Crippen LogP contribution in [0.1, 0.15) is 15.9 Å². The van der Waals surface area contributed by atoms with Gasteiger partial charge in [-0.15, -0.1) is 0 Å². The van der Waals surface area contributed by atoms with Crippen LogP contribution >= 0.6 is 11.6 Å². The first kappa shape index (κ1) is 66.4. The van der Waals surface area contributed by atoms with E-state index < -0.39 is 160 Å². The molecule has 0 fully saturated rings. The number of carbonyl (C=O) groups is 1. The van der Waals surface area contributed by atoms with Gasteiger partial charge in [0.25, 0.3) is 0 Å². The molecule has 0 saturated heterocycles. The van der Waals surface area contributed by atoms with Crippen molar-refractivity contribution in [2.24, 2.45) is 5.10 Å². The molecule has 0 unspecified atom stereocenters. The molecule has 1 aromatic heterocycles. The molecule has 1 aliphatic rings. The monoisotopic (exact) mass is 1130 g/mol. The summed E-state index contributed by atoms with van der Waals surface area (Å²) in [4.78, 5) is 20.6. The molecule has 6 rings (SSSR count). The molecule has 0 amide bonds. The third kappa shape index (κ3) is 16.7. The van der Waals surface area contributed by atoms with Gasteiger partial charge in [-0.2, -0.15) is 20.1 Å². The zero-order valence-corrected chi connectivity index (χ0v) is 51.4. The largest absolute Gasteiger partial charge is 1.00 e. The number of benzene rings is 4. The summed E-state index contributed by atoms with van der Waals surface area (Å²) < 4.78 is 209. The SMILES string of the molecule is O=C1/C(=N\Nc2ccc3c(S(=O)(=O)[O-])cccc3c2S(=O)(=O)[O-])C(S(=O)(=O)[O-])=Cc2cc(S(=O)(=O)[O-])cc(Nc3nc(Cl)nc(Nc4cccc(S(=O)(=O)CCOS(=O)(=O)[O-])c4)n3)c21.[Na+].[Na+].[Na+].[Na+].[Na+]. The fraction of sp³-hybridized carbons (Fsp3) is 0.0645. The van der Waals surface area contributed by atoms with Gasteiger partial charge in [-0.3, -0.25) is 14.4 Å². The molecule has 0 bridgehead atoms. The van der Waals surface area contributed by atoms with Crippen LogP contribution in [0.3, 0.4) is 0 Å². The van der Waals surface area contributed by atoms with Crippen LogP contribution in [0, 0.1) is 0 Å². The van der Waals surface area contributed by atoms with Gasteiger partial charge >= 0.3 is 148 Å². The summed E-state index contributed by atoms with van der Waals surface area (Å²) >= 11 is 6.07. The third-order valence-electron chi connectivity index (χ3n) is 8.33. The van der Waals surface area contributed by atoms with E-state index in [4.69, 9.17) is 11.6 Å². The van der Waals surface area contributed by atoms with Crippen molar-refractivity contribution < 1.29 is 230 Å². The average Bonchev–Trinajstić information content (AvgIpc) is 3.14. The first-order valence-electron chi connectivity index (χ1n) is 16.5. The number of nitrogens with one attached hydrogen (secondary N) is 3. The second-order valence-electron chi connectivity index (χ2n) is 12.5. The second kappa shape index (κ2) is 25.3. The van der Waals surface area contributed by atoms with Gasteiger partial charge in [0, 0.05) is 16.5 Å². The van der Waals surface area contributed by atoms with Gasteiger partial charge < -0.3 is 33.4 Å². The molecule has 1 aliphatic carbocycles. The molecule has 4 aromatic carbocycles. The molecule has 38 heteroatoms. The molecule has 69 heavy (non-hydrogen) atoms. The van der Waals surface area contributed by atoms with Gasteiger partial charge in [0.15, 0.2) is 9.84 Å². The van der Waals surface area contributed by atoms with Gasteiger partial charge in [0.05, 0.1) is 53.8 Å². The zero-order chi connectivity index (χ0) is 47.4. The number of fused-ring (bicyclic) bond motifs is 2. The van der Waals surface area contributed by atoms with Crippen LogP contribution in [0.5, 0.6) is 0 Å². The van der Waals surface area contributed by atoms with E-state index in [-0.39, 0.29) is 153 Å². The van der Waals surface area contributed by atoms with Gasteiger partial charge in [-0.25, -0.2) is 50.5 Å². The Morgan fingerprint density at radius 1 is 0.623 bits per heavy atom. The predicted molar refractivity (Wildman–Crippen MR) is 213 cm³/mol. The number of Topliss-reactive ketones (excluding diaryl/α,β-unsaturated/α-hetero) is 1. The number of halogens is 1. The quantitative estimate of drug-likeness (QED) is 0.0379. The number of ketones is 1. The van der Waals surface area contributed by atoms with Gasteiger partial charge in [0.1, 0.15) is 46.2 Å². The summed E-state index contributed by atoms with van der Waals surface area (Å²) in [6.07, 6.45) is 0.427. The molecule has 0 aliphatic heterocycles. The number of allylic oxidation sites excluding steroid dienone is 1. The average molecular weight is 1140 g/mol. The Hall–Kier alpha value is -0.620. The van der Waals surface area contributed by atoms with E-state index in [1.807, 2.05) is 5.43 Å². The number of sulfone groups is 1. The van der Waals surface area contributed by atoms with Crippen molar-refractivity contribution in [3.8, 4) is 0 Å². The Kier molecular flexibility index (Phi) is 24.3. The topological polar surface area (TPSA) is 434 Å². The van der Waals surface area contributed by atoms with Gasteiger partial charge in [-0.05, 0) is 65.7 Å². The molecule has 1 heterocycles. The van der Waals surface area contributed by atoms with Crippen LogP contribution in [-0.4, -0.2) is 112 Å². The zero-order valence-electron chi connectivity index (χ0n) is 35.7.